The number of carboxylic acids is 1. The molecule has 134 valence electrons. The predicted octanol–water partition coefficient (Wildman–Crippen LogP) is 4.01. The highest BCUT2D eigenvalue weighted by molar-refractivity contribution is 8.00. The molecule has 0 bridgehead atoms. The number of benzene rings is 1. The van der Waals surface area contributed by atoms with Crippen LogP contribution in [0.1, 0.15) is 4.88 Å². The molecule has 4 N–H and O–H groups in total. The maximum Gasteiger partial charge on any atom is 0.341 e. The van der Waals surface area contributed by atoms with E-state index in [0.29, 0.717) is 5.75 Å². The molecule has 0 unspecified atom stereocenters. The average Bonchev–Trinajstić information content (AvgIpc) is 3.26. The maximum absolute atomic E-state index is 10.6. The van der Waals surface area contributed by atoms with Gasteiger partial charge in [0.05, 0.1) is 14.8 Å². The third kappa shape index (κ3) is 4.06. The van der Waals surface area contributed by atoms with Crippen molar-refractivity contribution in [3.05, 3.63) is 40.6 Å². The summed E-state index contributed by atoms with van der Waals surface area (Å²) in [5.41, 5.74) is 8.21. The zero-order valence-electron chi connectivity index (χ0n) is 13.7. The fourth-order valence-electron chi connectivity index (χ4n) is 2.23. The van der Waals surface area contributed by atoms with Crippen LogP contribution in [0.4, 0.5) is 0 Å². The normalized spacial score (nSPS) is 10.7. The Balaban J connectivity index is 1.90. The van der Waals surface area contributed by atoms with Gasteiger partial charge < -0.3 is 15.6 Å². The van der Waals surface area contributed by atoms with Crippen LogP contribution in [0.15, 0.2) is 39.9 Å². The van der Waals surface area contributed by atoms with Gasteiger partial charge in [-0.1, -0.05) is 12.1 Å². The standard InChI is InChI=1S/C17H15N3O3S3/c1-24-17-11(6-13(26-17)15(18)19)16-20-12(8-25-16)9-3-2-4-10(5-9)23-7-14(21)22/h2-6,8H,7H2,1H3,(H3,18,19)(H,21,22). The smallest absolute Gasteiger partial charge is 0.341 e. The Kier molecular flexibility index (Phi) is 5.60. The molecule has 0 amide bonds. The Bertz CT molecular complexity index is 965. The van der Waals surface area contributed by atoms with Crippen molar-refractivity contribution in [2.75, 3.05) is 12.9 Å². The van der Waals surface area contributed by atoms with E-state index in [1.807, 2.05) is 23.8 Å². The van der Waals surface area contributed by atoms with E-state index in [1.165, 1.54) is 22.7 Å². The van der Waals surface area contributed by atoms with Crippen molar-refractivity contribution in [1.29, 1.82) is 5.41 Å². The minimum atomic E-state index is -1.02. The number of nitrogens with zero attached hydrogens (tertiary/aromatic N) is 1. The number of hydrogen-bond donors (Lipinski definition) is 3. The van der Waals surface area contributed by atoms with Crippen LogP contribution in [-0.2, 0) is 4.79 Å². The summed E-state index contributed by atoms with van der Waals surface area (Å²) in [6.45, 7) is -0.383. The molecule has 2 aromatic heterocycles. The number of rotatable bonds is 7. The molecule has 1 aromatic carbocycles. The molecule has 0 saturated carbocycles. The van der Waals surface area contributed by atoms with Crippen molar-refractivity contribution in [2.24, 2.45) is 5.73 Å². The van der Waals surface area contributed by atoms with Gasteiger partial charge in [0, 0.05) is 16.5 Å². The van der Waals surface area contributed by atoms with Gasteiger partial charge in [-0.15, -0.1) is 34.4 Å². The van der Waals surface area contributed by atoms with Gasteiger partial charge in [-0.3, -0.25) is 5.41 Å². The van der Waals surface area contributed by atoms with Crippen molar-refractivity contribution < 1.29 is 14.6 Å². The van der Waals surface area contributed by atoms with Gasteiger partial charge in [-0.25, -0.2) is 9.78 Å². The number of nitrogens with one attached hydrogen (secondary N) is 1. The Morgan fingerprint density at radius 2 is 2.23 bits per heavy atom. The van der Waals surface area contributed by atoms with Crippen LogP contribution in [0.2, 0.25) is 0 Å². The van der Waals surface area contributed by atoms with E-state index in [1.54, 1.807) is 30.0 Å². The summed E-state index contributed by atoms with van der Waals surface area (Å²) in [7, 11) is 0. The predicted molar refractivity (Wildman–Crippen MR) is 107 cm³/mol. The molecule has 3 rings (SSSR count). The molecule has 6 nitrogen and oxygen atoms in total. The van der Waals surface area contributed by atoms with Crippen molar-refractivity contribution >= 4 is 46.2 Å². The zero-order valence-corrected chi connectivity index (χ0v) is 16.1. The molecule has 2 heterocycles. The second kappa shape index (κ2) is 7.90. The lowest BCUT2D eigenvalue weighted by atomic mass is 10.1. The summed E-state index contributed by atoms with van der Waals surface area (Å²) in [6.07, 6.45) is 1.98. The number of amidine groups is 1. The van der Waals surface area contributed by atoms with E-state index in [2.05, 4.69) is 0 Å². The van der Waals surface area contributed by atoms with Crippen LogP contribution in [0.25, 0.3) is 21.8 Å². The van der Waals surface area contributed by atoms with E-state index in [0.717, 1.165) is 30.9 Å². The van der Waals surface area contributed by atoms with Crippen molar-refractivity contribution in [1.82, 2.24) is 4.98 Å². The van der Waals surface area contributed by atoms with Crippen LogP contribution in [0.5, 0.6) is 5.75 Å². The number of nitrogen functional groups attached to an aromatic ring is 1. The van der Waals surface area contributed by atoms with E-state index in [9.17, 15) is 4.79 Å². The first-order valence-electron chi connectivity index (χ1n) is 7.41. The maximum atomic E-state index is 10.6. The minimum Gasteiger partial charge on any atom is -0.482 e. The van der Waals surface area contributed by atoms with Crippen LogP contribution in [0, 0.1) is 5.41 Å². The molecule has 0 aliphatic heterocycles. The summed E-state index contributed by atoms with van der Waals surface area (Å²) in [6, 6.07) is 9.08. The van der Waals surface area contributed by atoms with Gasteiger partial charge in [0.1, 0.15) is 16.6 Å². The molecule has 0 saturated heterocycles. The summed E-state index contributed by atoms with van der Waals surface area (Å²) in [4.78, 5) is 16.1. The zero-order chi connectivity index (χ0) is 18.7. The van der Waals surface area contributed by atoms with Gasteiger partial charge in [-0.2, -0.15) is 0 Å². The lowest BCUT2D eigenvalue weighted by Gasteiger charge is -2.04. The van der Waals surface area contributed by atoms with Gasteiger partial charge in [0.2, 0.25) is 0 Å². The number of hydrogen-bond acceptors (Lipinski definition) is 7. The molecule has 0 aliphatic carbocycles. The van der Waals surface area contributed by atoms with E-state index in [4.69, 9.17) is 26.0 Å². The second-order valence-electron chi connectivity index (χ2n) is 5.18. The lowest BCUT2D eigenvalue weighted by Crippen LogP contribution is -2.09. The number of carbonyl (C=O) groups is 1. The molecule has 9 heteroatoms. The molecular weight excluding hydrogens is 390 g/mol. The molecule has 0 aliphatic rings. The van der Waals surface area contributed by atoms with Crippen LogP contribution < -0.4 is 10.5 Å². The monoisotopic (exact) mass is 405 g/mol. The Hall–Kier alpha value is -2.36. The number of thiazole rings is 1. The largest absolute Gasteiger partial charge is 0.482 e. The van der Waals surface area contributed by atoms with Gasteiger partial charge in [0.15, 0.2) is 6.61 Å². The summed E-state index contributed by atoms with van der Waals surface area (Å²) in [5, 5.41) is 19.1. The van der Waals surface area contributed by atoms with Gasteiger partial charge >= 0.3 is 5.97 Å². The first-order valence-corrected chi connectivity index (χ1v) is 10.3. The summed E-state index contributed by atoms with van der Waals surface area (Å²) < 4.78 is 6.29. The third-order valence-corrected chi connectivity index (χ3v) is 6.55. The highest BCUT2D eigenvalue weighted by atomic mass is 32.2. The van der Waals surface area contributed by atoms with Gasteiger partial charge in [0.25, 0.3) is 0 Å². The van der Waals surface area contributed by atoms with E-state index < -0.39 is 5.97 Å². The van der Waals surface area contributed by atoms with Crippen molar-refractivity contribution in [3.8, 4) is 27.6 Å². The Labute approximate surface area is 162 Å². The third-order valence-electron chi connectivity index (χ3n) is 3.38. The quantitative estimate of drug-likeness (QED) is 0.311. The molecule has 3 aromatic rings. The molecule has 0 spiro atoms. The van der Waals surface area contributed by atoms with Crippen LogP contribution >= 0.6 is 34.4 Å². The Morgan fingerprint density at radius 3 is 2.92 bits per heavy atom. The number of carboxylic acid groups (broad SMARTS) is 1. The second-order valence-corrected chi connectivity index (χ2v) is 8.16. The van der Waals surface area contributed by atoms with Crippen molar-refractivity contribution in [2.45, 2.75) is 4.21 Å². The molecule has 0 fully saturated rings. The Morgan fingerprint density at radius 1 is 1.42 bits per heavy atom. The average molecular weight is 406 g/mol. The van der Waals surface area contributed by atoms with Crippen LogP contribution in [0.3, 0.4) is 0 Å². The van der Waals surface area contributed by atoms with Crippen LogP contribution in [-0.4, -0.2) is 34.8 Å². The number of thioether (sulfide) groups is 1. The fourth-order valence-corrected chi connectivity index (χ4v) is 4.94. The molecule has 0 radical (unpaired) electrons. The minimum absolute atomic E-state index is 0.0524. The number of ether oxygens (including phenoxy) is 1. The molecular formula is C17H15N3O3S3. The lowest BCUT2D eigenvalue weighted by molar-refractivity contribution is -0.139. The topological polar surface area (TPSA) is 109 Å². The number of aromatic nitrogens is 1. The fraction of sp³-hybridized carbons (Fsp3) is 0.118. The number of thiophene rings is 1. The summed E-state index contributed by atoms with van der Waals surface area (Å²) >= 11 is 4.60. The summed E-state index contributed by atoms with van der Waals surface area (Å²) in [5.74, 6) is -0.482. The number of nitrogens with two attached hydrogens (primary N) is 1. The van der Waals surface area contributed by atoms with E-state index >= 15 is 0 Å². The van der Waals surface area contributed by atoms with E-state index in [-0.39, 0.29) is 12.4 Å². The SMILES string of the molecule is CSc1sc(C(=N)N)cc1-c1nc(-c2cccc(OCC(=O)O)c2)cs1. The first-order chi connectivity index (χ1) is 12.5. The molecule has 0 atom stereocenters. The number of aliphatic carboxylic acids is 1. The highest BCUT2D eigenvalue weighted by Crippen LogP contribution is 2.40. The van der Waals surface area contributed by atoms with Crippen molar-refractivity contribution in [3.63, 3.8) is 0 Å². The highest BCUT2D eigenvalue weighted by Gasteiger charge is 2.16. The first kappa shape index (κ1) is 18.4. The molecule has 26 heavy (non-hydrogen) atoms. The van der Waals surface area contributed by atoms with Gasteiger partial charge in [-0.05, 0) is 24.5 Å².